The second-order valence-corrected chi connectivity index (χ2v) is 7.24. The lowest BCUT2D eigenvalue weighted by atomic mass is 10.1. The zero-order chi connectivity index (χ0) is 18.1. The first-order valence-corrected chi connectivity index (χ1v) is 9.52. The Labute approximate surface area is 153 Å². The van der Waals surface area contributed by atoms with Gasteiger partial charge in [-0.25, -0.2) is 0 Å². The van der Waals surface area contributed by atoms with Gasteiger partial charge in [-0.05, 0) is 51.0 Å². The lowest BCUT2D eigenvalue weighted by molar-refractivity contribution is 0.206. The molecule has 0 atom stereocenters. The van der Waals surface area contributed by atoms with E-state index in [0.717, 1.165) is 19.0 Å². The molecule has 0 amide bonds. The van der Waals surface area contributed by atoms with Crippen molar-refractivity contribution in [3.05, 3.63) is 35.4 Å². The van der Waals surface area contributed by atoms with Crippen molar-refractivity contribution in [1.29, 1.82) is 0 Å². The van der Waals surface area contributed by atoms with E-state index in [1.165, 1.54) is 50.0 Å². The molecule has 1 aromatic rings. The summed E-state index contributed by atoms with van der Waals surface area (Å²) in [4.78, 5) is 9.13. The fraction of sp³-hybridized carbons (Fsp3) is 0.650. The SMILES string of the molecule is CCCN1CCC(NC(=NC)NCc2ccc(CN(C)C)cc2)CC1. The molecule has 5 heteroatoms. The van der Waals surface area contributed by atoms with Gasteiger partial charge in [-0.2, -0.15) is 0 Å². The molecule has 1 aromatic carbocycles. The van der Waals surface area contributed by atoms with Gasteiger partial charge >= 0.3 is 0 Å². The van der Waals surface area contributed by atoms with E-state index < -0.39 is 0 Å². The Morgan fingerprint density at radius 3 is 2.36 bits per heavy atom. The number of likely N-dealkylation sites (tertiary alicyclic amines) is 1. The third-order valence-corrected chi connectivity index (χ3v) is 4.67. The highest BCUT2D eigenvalue weighted by Gasteiger charge is 2.19. The summed E-state index contributed by atoms with van der Waals surface area (Å²) in [6.07, 6.45) is 3.63. The van der Waals surface area contributed by atoms with Crippen molar-refractivity contribution in [3.63, 3.8) is 0 Å². The third-order valence-electron chi connectivity index (χ3n) is 4.67. The van der Waals surface area contributed by atoms with Gasteiger partial charge in [-0.1, -0.05) is 31.2 Å². The highest BCUT2D eigenvalue weighted by atomic mass is 15.2. The van der Waals surface area contributed by atoms with Gasteiger partial charge in [0.05, 0.1) is 0 Å². The molecule has 0 aromatic heterocycles. The van der Waals surface area contributed by atoms with Crippen LogP contribution in [0.1, 0.15) is 37.3 Å². The molecule has 1 aliphatic heterocycles. The number of piperidine rings is 1. The van der Waals surface area contributed by atoms with Gasteiger partial charge in [0, 0.05) is 39.3 Å². The van der Waals surface area contributed by atoms with Crippen molar-refractivity contribution >= 4 is 5.96 Å². The number of aliphatic imine (C=N–C) groups is 1. The number of hydrogen-bond donors (Lipinski definition) is 2. The standard InChI is InChI=1S/C20H35N5/c1-5-12-25-13-10-19(11-14-25)23-20(21-2)22-15-17-6-8-18(9-7-17)16-24(3)4/h6-9,19H,5,10-16H2,1-4H3,(H2,21,22,23). The minimum Gasteiger partial charge on any atom is -0.354 e. The van der Waals surface area contributed by atoms with Crippen molar-refractivity contribution in [1.82, 2.24) is 20.4 Å². The van der Waals surface area contributed by atoms with Crippen LogP contribution in [-0.4, -0.2) is 62.6 Å². The Hall–Kier alpha value is -1.59. The van der Waals surface area contributed by atoms with Crippen LogP contribution in [0.4, 0.5) is 0 Å². The van der Waals surface area contributed by atoms with Crippen molar-refractivity contribution in [2.75, 3.05) is 40.8 Å². The predicted molar refractivity (Wildman–Crippen MR) is 107 cm³/mol. The molecule has 0 bridgehead atoms. The fourth-order valence-electron chi connectivity index (χ4n) is 3.32. The Balaban J connectivity index is 1.75. The van der Waals surface area contributed by atoms with Crippen molar-refractivity contribution in [3.8, 4) is 0 Å². The van der Waals surface area contributed by atoms with Crippen LogP contribution in [0.15, 0.2) is 29.3 Å². The van der Waals surface area contributed by atoms with E-state index in [1.807, 2.05) is 7.05 Å². The van der Waals surface area contributed by atoms with E-state index in [1.54, 1.807) is 0 Å². The lowest BCUT2D eigenvalue weighted by Gasteiger charge is -2.32. The van der Waals surface area contributed by atoms with Crippen molar-refractivity contribution < 1.29 is 0 Å². The number of hydrogen-bond acceptors (Lipinski definition) is 3. The molecule has 0 radical (unpaired) electrons. The Bertz CT molecular complexity index is 515. The van der Waals surface area contributed by atoms with Crippen LogP contribution in [0.3, 0.4) is 0 Å². The van der Waals surface area contributed by atoms with E-state index in [4.69, 9.17) is 0 Å². The second kappa shape index (κ2) is 10.4. The minimum absolute atomic E-state index is 0.529. The number of nitrogens with one attached hydrogen (secondary N) is 2. The highest BCUT2D eigenvalue weighted by Crippen LogP contribution is 2.10. The molecule has 1 saturated heterocycles. The molecular weight excluding hydrogens is 310 g/mol. The Morgan fingerprint density at radius 1 is 1.16 bits per heavy atom. The van der Waals surface area contributed by atoms with Gasteiger partial charge in [-0.3, -0.25) is 4.99 Å². The predicted octanol–water partition coefficient (Wildman–Crippen LogP) is 2.29. The van der Waals surface area contributed by atoms with Crippen LogP contribution in [-0.2, 0) is 13.1 Å². The first-order valence-electron chi connectivity index (χ1n) is 9.52. The average molecular weight is 346 g/mol. The zero-order valence-corrected chi connectivity index (χ0v) is 16.4. The largest absolute Gasteiger partial charge is 0.354 e. The summed E-state index contributed by atoms with van der Waals surface area (Å²) in [6.45, 7) is 7.64. The third kappa shape index (κ3) is 7.04. The van der Waals surface area contributed by atoms with Crippen LogP contribution in [0, 0.1) is 0 Å². The monoisotopic (exact) mass is 345 g/mol. The van der Waals surface area contributed by atoms with Crippen LogP contribution in [0.5, 0.6) is 0 Å². The van der Waals surface area contributed by atoms with Gasteiger partial charge in [0.15, 0.2) is 5.96 Å². The number of nitrogens with zero attached hydrogens (tertiary/aromatic N) is 3. The van der Waals surface area contributed by atoms with Crippen molar-refractivity contribution in [2.24, 2.45) is 4.99 Å². The molecule has 1 aliphatic rings. The summed E-state index contributed by atoms with van der Waals surface area (Å²) in [7, 11) is 6.04. The summed E-state index contributed by atoms with van der Waals surface area (Å²) in [6, 6.07) is 9.33. The molecule has 0 aliphatic carbocycles. The molecule has 140 valence electrons. The maximum atomic E-state index is 4.38. The average Bonchev–Trinajstić information content (AvgIpc) is 2.61. The first-order chi connectivity index (χ1) is 12.1. The van der Waals surface area contributed by atoms with Gasteiger partial charge < -0.3 is 20.4 Å². The van der Waals surface area contributed by atoms with Crippen LogP contribution in [0.2, 0.25) is 0 Å². The van der Waals surface area contributed by atoms with E-state index in [0.29, 0.717) is 6.04 Å². The van der Waals surface area contributed by atoms with E-state index >= 15 is 0 Å². The number of rotatable bonds is 7. The quantitative estimate of drug-likeness (QED) is 0.588. The van der Waals surface area contributed by atoms with Crippen LogP contribution >= 0.6 is 0 Å². The molecule has 1 heterocycles. The maximum Gasteiger partial charge on any atom is 0.191 e. The molecule has 5 nitrogen and oxygen atoms in total. The molecule has 1 fully saturated rings. The summed E-state index contributed by atoms with van der Waals surface area (Å²) in [5.41, 5.74) is 2.62. The highest BCUT2D eigenvalue weighted by molar-refractivity contribution is 5.79. The molecular formula is C20H35N5. The summed E-state index contributed by atoms with van der Waals surface area (Å²) < 4.78 is 0. The summed E-state index contributed by atoms with van der Waals surface area (Å²) >= 11 is 0. The second-order valence-electron chi connectivity index (χ2n) is 7.24. The topological polar surface area (TPSA) is 42.9 Å². The summed E-state index contributed by atoms with van der Waals surface area (Å²) in [5.74, 6) is 0.909. The number of guanidine groups is 1. The molecule has 0 unspecified atom stereocenters. The minimum atomic E-state index is 0.529. The van der Waals surface area contributed by atoms with Crippen LogP contribution in [0.25, 0.3) is 0 Å². The van der Waals surface area contributed by atoms with E-state index in [9.17, 15) is 0 Å². The smallest absolute Gasteiger partial charge is 0.191 e. The maximum absolute atomic E-state index is 4.38. The van der Waals surface area contributed by atoms with Crippen LogP contribution < -0.4 is 10.6 Å². The van der Waals surface area contributed by atoms with Gasteiger partial charge in [0.2, 0.25) is 0 Å². The normalized spacial score (nSPS) is 17.1. The molecule has 25 heavy (non-hydrogen) atoms. The number of benzene rings is 1. The molecule has 2 N–H and O–H groups in total. The first kappa shape index (κ1) is 19.7. The lowest BCUT2D eigenvalue weighted by Crippen LogP contribution is -2.48. The van der Waals surface area contributed by atoms with Gasteiger partial charge in [0.25, 0.3) is 0 Å². The zero-order valence-electron chi connectivity index (χ0n) is 16.4. The summed E-state index contributed by atoms with van der Waals surface area (Å²) in [5, 5.41) is 7.03. The van der Waals surface area contributed by atoms with Crippen molar-refractivity contribution in [2.45, 2.75) is 45.3 Å². The molecule has 0 spiro atoms. The Morgan fingerprint density at radius 2 is 1.80 bits per heavy atom. The molecule has 2 rings (SSSR count). The molecule has 0 saturated carbocycles. The van der Waals surface area contributed by atoms with Gasteiger partial charge in [-0.15, -0.1) is 0 Å². The fourth-order valence-corrected chi connectivity index (χ4v) is 3.32. The Kier molecular flexibility index (Phi) is 8.22. The van der Waals surface area contributed by atoms with Gasteiger partial charge in [0.1, 0.15) is 0 Å². The van der Waals surface area contributed by atoms with E-state index in [2.05, 4.69) is 70.7 Å². The van der Waals surface area contributed by atoms with E-state index in [-0.39, 0.29) is 0 Å².